The molecule has 0 amide bonds. The lowest BCUT2D eigenvalue weighted by molar-refractivity contribution is -0.0608. The monoisotopic (exact) mass is 477 g/mol. The maximum atomic E-state index is 13.0. The zero-order valence-electron chi connectivity index (χ0n) is 20.4. The van der Waals surface area contributed by atoms with Gasteiger partial charge >= 0.3 is 6.18 Å². The molecular formula is C27H34F3NO3. The fraction of sp³-hybridized carbons (Fsp3) is 0.444. The molecule has 0 aliphatic carbocycles. The van der Waals surface area contributed by atoms with E-state index in [0.717, 1.165) is 67.4 Å². The van der Waals surface area contributed by atoms with Crippen molar-refractivity contribution in [2.75, 3.05) is 20.3 Å². The summed E-state index contributed by atoms with van der Waals surface area (Å²) in [5, 5.41) is 3.12. The van der Waals surface area contributed by atoms with Crippen molar-refractivity contribution in [2.45, 2.75) is 59.1 Å². The van der Waals surface area contributed by atoms with Crippen LogP contribution >= 0.6 is 0 Å². The van der Waals surface area contributed by atoms with E-state index in [-0.39, 0.29) is 5.56 Å². The van der Waals surface area contributed by atoms with E-state index < -0.39 is 11.9 Å². The average Bonchev–Trinajstić information content (AvgIpc) is 2.78. The maximum absolute atomic E-state index is 13.0. The van der Waals surface area contributed by atoms with Gasteiger partial charge in [-0.25, -0.2) is 0 Å². The summed E-state index contributed by atoms with van der Waals surface area (Å²) < 4.78 is 50.8. The van der Waals surface area contributed by atoms with E-state index in [1.165, 1.54) is 12.1 Å². The van der Waals surface area contributed by atoms with Crippen LogP contribution in [-0.2, 0) is 11.3 Å². The van der Waals surface area contributed by atoms with Crippen molar-refractivity contribution in [2.24, 2.45) is 5.16 Å². The van der Waals surface area contributed by atoms with Gasteiger partial charge in [0.2, 0.25) is 0 Å². The molecule has 0 spiro atoms. The number of oxime groups is 1. The van der Waals surface area contributed by atoms with Crippen molar-refractivity contribution < 1.29 is 27.5 Å². The SMILES string of the molecule is C/C=C/COc1cc(C)c(OCCCCCCc2ccc(C(=NOC)C(F)(F)F)cc2)c(C)c1. The molecule has 0 fully saturated rings. The van der Waals surface area contributed by atoms with Crippen molar-refractivity contribution in [3.63, 3.8) is 0 Å². The molecule has 2 aromatic carbocycles. The molecule has 2 aromatic rings. The number of alkyl halides is 3. The van der Waals surface area contributed by atoms with Gasteiger partial charge in [0.15, 0.2) is 5.71 Å². The first-order chi connectivity index (χ1) is 16.3. The highest BCUT2D eigenvalue weighted by Crippen LogP contribution is 2.29. The Hall–Kier alpha value is -2.96. The number of unbranched alkanes of at least 4 members (excludes halogenated alkanes) is 3. The Morgan fingerprint density at radius 1 is 0.941 bits per heavy atom. The van der Waals surface area contributed by atoms with Crippen LogP contribution < -0.4 is 9.47 Å². The minimum atomic E-state index is -4.56. The smallest absolute Gasteiger partial charge is 0.437 e. The quantitative estimate of drug-likeness (QED) is 0.131. The number of aryl methyl sites for hydroxylation is 3. The molecule has 7 heteroatoms. The zero-order chi connectivity index (χ0) is 25.0. The van der Waals surface area contributed by atoms with Crippen LogP contribution in [0.5, 0.6) is 11.5 Å². The summed E-state index contributed by atoms with van der Waals surface area (Å²) in [7, 11) is 1.10. The fourth-order valence-corrected chi connectivity index (χ4v) is 3.61. The Morgan fingerprint density at radius 3 is 2.18 bits per heavy atom. The van der Waals surface area contributed by atoms with Crippen LogP contribution in [-0.4, -0.2) is 32.2 Å². The Kier molecular flexibility index (Phi) is 11.0. The summed E-state index contributed by atoms with van der Waals surface area (Å²) in [6.45, 7) is 7.21. The zero-order valence-corrected chi connectivity index (χ0v) is 20.4. The number of hydrogen-bond acceptors (Lipinski definition) is 4. The highest BCUT2D eigenvalue weighted by molar-refractivity contribution is 6.04. The standard InChI is InChI=1S/C27H34F3NO3/c1-5-6-16-33-24-18-20(2)25(21(3)19-24)34-17-10-8-7-9-11-22-12-14-23(15-13-22)26(31-32-4)27(28,29)30/h5-6,12-15,18-19H,7-11,16-17H2,1-4H3/b6-5+,31-26?. The van der Waals surface area contributed by atoms with Crippen LogP contribution in [0.3, 0.4) is 0 Å². The minimum absolute atomic E-state index is 0.00164. The van der Waals surface area contributed by atoms with Crippen LogP contribution in [0.4, 0.5) is 13.2 Å². The number of halogens is 3. The summed E-state index contributed by atoms with van der Waals surface area (Å²) in [6, 6.07) is 10.3. The van der Waals surface area contributed by atoms with Crippen molar-refractivity contribution in [3.8, 4) is 11.5 Å². The first-order valence-electron chi connectivity index (χ1n) is 11.5. The van der Waals surface area contributed by atoms with Crippen molar-refractivity contribution in [1.82, 2.24) is 0 Å². The molecule has 0 atom stereocenters. The van der Waals surface area contributed by atoms with Crippen molar-refractivity contribution in [3.05, 3.63) is 70.8 Å². The third-order valence-corrected chi connectivity index (χ3v) is 5.30. The van der Waals surface area contributed by atoms with Gasteiger partial charge in [-0.2, -0.15) is 13.2 Å². The lowest BCUT2D eigenvalue weighted by Gasteiger charge is -2.14. The fourth-order valence-electron chi connectivity index (χ4n) is 3.61. The van der Waals surface area contributed by atoms with E-state index in [4.69, 9.17) is 9.47 Å². The Balaban J connectivity index is 1.72. The molecule has 0 saturated carbocycles. The van der Waals surface area contributed by atoms with Gasteiger partial charge in [-0.15, -0.1) is 0 Å². The van der Waals surface area contributed by atoms with Gasteiger partial charge in [-0.3, -0.25) is 0 Å². The van der Waals surface area contributed by atoms with E-state index in [2.05, 4.69) is 9.99 Å². The summed E-state index contributed by atoms with van der Waals surface area (Å²) in [5.41, 5.74) is 2.09. The molecule has 0 aromatic heterocycles. The molecule has 0 aliphatic rings. The van der Waals surface area contributed by atoms with Gasteiger partial charge in [0.25, 0.3) is 0 Å². The van der Waals surface area contributed by atoms with Gasteiger partial charge in [0.05, 0.1) is 6.61 Å². The third kappa shape index (κ3) is 8.76. The van der Waals surface area contributed by atoms with Crippen LogP contribution in [0.15, 0.2) is 53.7 Å². The van der Waals surface area contributed by atoms with Gasteiger partial charge in [-0.1, -0.05) is 54.4 Å². The predicted molar refractivity (Wildman–Crippen MR) is 130 cm³/mol. The van der Waals surface area contributed by atoms with Crippen LogP contribution in [0.25, 0.3) is 0 Å². The lowest BCUT2D eigenvalue weighted by atomic mass is 10.0. The molecule has 0 heterocycles. The third-order valence-electron chi connectivity index (χ3n) is 5.30. The van der Waals surface area contributed by atoms with Crippen LogP contribution in [0.1, 0.15) is 54.9 Å². The Bertz CT molecular complexity index is 928. The van der Waals surface area contributed by atoms with Crippen LogP contribution in [0, 0.1) is 13.8 Å². The second-order valence-electron chi connectivity index (χ2n) is 8.10. The largest absolute Gasteiger partial charge is 0.493 e. The second kappa shape index (κ2) is 13.7. The molecule has 0 radical (unpaired) electrons. The number of ether oxygens (including phenoxy) is 2. The van der Waals surface area contributed by atoms with E-state index in [1.807, 2.05) is 45.1 Å². The predicted octanol–water partition coefficient (Wildman–Crippen LogP) is 7.35. The van der Waals surface area contributed by atoms with Gasteiger partial charge in [0.1, 0.15) is 25.2 Å². The van der Waals surface area contributed by atoms with E-state index in [9.17, 15) is 13.2 Å². The molecule has 0 aliphatic heterocycles. The van der Waals surface area contributed by atoms with Crippen LogP contribution in [0.2, 0.25) is 0 Å². The minimum Gasteiger partial charge on any atom is -0.493 e. The Morgan fingerprint density at radius 2 is 1.59 bits per heavy atom. The summed E-state index contributed by atoms with van der Waals surface area (Å²) in [4.78, 5) is 4.34. The summed E-state index contributed by atoms with van der Waals surface area (Å²) in [6.07, 6.45) is 4.15. The topological polar surface area (TPSA) is 40.0 Å². The van der Waals surface area contributed by atoms with E-state index in [0.29, 0.717) is 13.2 Å². The summed E-state index contributed by atoms with van der Waals surface area (Å²) in [5.74, 6) is 1.75. The molecule has 0 saturated heterocycles. The number of hydrogen-bond donors (Lipinski definition) is 0. The van der Waals surface area contributed by atoms with Gasteiger partial charge < -0.3 is 14.3 Å². The molecule has 2 rings (SSSR count). The Labute approximate surface area is 200 Å². The highest BCUT2D eigenvalue weighted by atomic mass is 19.4. The molecular weight excluding hydrogens is 443 g/mol. The van der Waals surface area contributed by atoms with Crippen molar-refractivity contribution >= 4 is 5.71 Å². The van der Waals surface area contributed by atoms with Gasteiger partial charge in [-0.05, 0) is 68.9 Å². The molecule has 4 nitrogen and oxygen atoms in total. The first-order valence-corrected chi connectivity index (χ1v) is 11.5. The van der Waals surface area contributed by atoms with Crippen molar-refractivity contribution in [1.29, 1.82) is 0 Å². The normalized spacial score (nSPS) is 12.3. The first kappa shape index (κ1) is 27.3. The van der Waals surface area contributed by atoms with E-state index >= 15 is 0 Å². The van der Waals surface area contributed by atoms with Gasteiger partial charge in [0, 0.05) is 5.56 Å². The highest BCUT2D eigenvalue weighted by Gasteiger charge is 2.37. The maximum Gasteiger partial charge on any atom is 0.437 e. The molecule has 0 unspecified atom stereocenters. The lowest BCUT2D eigenvalue weighted by Crippen LogP contribution is -2.24. The number of benzene rings is 2. The summed E-state index contributed by atoms with van der Waals surface area (Å²) >= 11 is 0. The average molecular weight is 478 g/mol. The molecule has 0 N–H and O–H groups in total. The molecule has 0 bridgehead atoms. The number of rotatable bonds is 13. The molecule has 34 heavy (non-hydrogen) atoms. The number of allylic oxidation sites excluding steroid dienone is 1. The second-order valence-corrected chi connectivity index (χ2v) is 8.10. The van der Waals surface area contributed by atoms with E-state index in [1.54, 1.807) is 12.1 Å². The number of nitrogens with zero attached hydrogens (tertiary/aromatic N) is 1. The molecule has 186 valence electrons.